The molecule has 4 aromatic rings. The Hall–Kier alpha value is -3.74. The quantitative estimate of drug-likeness (QED) is 0.393. The lowest BCUT2D eigenvalue weighted by Gasteiger charge is -2.25. The summed E-state index contributed by atoms with van der Waals surface area (Å²) in [6.07, 6.45) is 3.74. The van der Waals surface area contributed by atoms with E-state index in [0.717, 1.165) is 45.5 Å². The van der Waals surface area contributed by atoms with E-state index in [9.17, 15) is 9.18 Å². The highest BCUT2D eigenvalue weighted by atomic mass is 19.1. The van der Waals surface area contributed by atoms with Crippen LogP contribution in [0.5, 0.6) is 0 Å². The third kappa shape index (κ3) is 3.70. The van der Waals surface area contributed by atoms with Crippen molar-refractivity contribution < 1.29 is 13.9 Å². The fourth-order valence-corrected chi connectivity index (χ4v) is 3.96. The van der Waals surface area contributed by atoms with Crippen molar-refractivity contribution in [3.05, 3.63) is 72.6 Å². The minimum absolute atomic E-state index is 0.338. The van der Waals surface area contributed by atoms with Crippen LogP contribution in [0.15, 0.2) is 61.1 Å². The number of imidazole rings is 1. The maximum Gasteiger partial charge on any atom is 0.414 e. The average Bonchev–Trinajstić information content (AvgIpc) is 3.36. The molecule has 0 bridgehead atoms. The molecular weight excluding hydrogens is 407 g/mol. The number of carbonyl (C=O) groups excluding carboxylic acids is 1. The summed E-state index contributed by atoms with van der Waals surface area (Å²) >= 11 is 0. The molecule has 1 amide bonds. The van der Waals surface area contributed by atoms with Gasteiger partial charge in [-0.25, -0.2) is 14.8 Å². The number of rotatable bonds is 2. The number of hydrogen-bond acceptors (Lipinski definition) is 4. The summed E-state index contributed by atoms with van der Waals surface area (Å²) in [5.74, 6) is -0.507. The molecule has 6 nitrogen and oxygen atoms in total. The first-order chi connectivity index (χ1) is 15.3. The number of benzene rings is 2. The Morgan fingerprint density at radius 1 is 1.03 bits per heavy atom. The number of pyridine rings is 1. The first kappa shape index (κ1) is 20.2. The summed E-state index contributed by atoms with van der Waals surface area (Å²) in [7, 11) is 0. The van der Waals surface area contributed by atoms with Gasteiger partial charge in [0.25, 0.3) is 0 Å². The van der Waals surface area contributed by atoms with E-state index in [2.05, 4.69) is 16.0 Å². The predicted molar refractivity (Wildman–Crippen MR) is 122 cm³/mol. The first-order valence-corrected chi connectivity index (χ1v) is 10.5. The van der Waals surface area contributed by atoms with Crippen LogP contribution < -0.4 is 4.90 Å². The number of hydrogen-bond donors (Lipinski definition) is 0. The maximum absolute atomic E-state index is 13.2. The van der Waals surface area contributed by atoms with Crippen molar-refractivity contribution in [1.82, 2.24) is 14.5 Å². The lowest BCUT2D eigenvalue weighted by atomic mass is 10.1. The van der Waals surface area contributed by atoms with Gasteiger partial charge in [0.1, 0.15) is 11.9 Å². The van der Waals surface area contributed by atoms with Gasteiger partial charge in [-0.3, -0.25) is 9.47 Å². The molecule has 3 heterocycles. The largest absolute Gasteiger partial charge is 0.443 e. The van der Waals surface area contributed by atoms with Crippen LogP contribution in [0.1, 0.15) is 26.3 Å². The van der Waals surface area contributed by atoms with E-state index in [1.165, 1.54) is 12.3 Å². The monoisotopic (exact) mass is 430 g/mol. The van der Waals surface area contributed by atoms with Crippen molar-refractivity contribution >= 4 is 22.8 Å². The fraction of sp³-hybridized carbons (Fsp3) is 0.240. The Morgan fingerprint density at radius 2 is 1.84 bits per heavy atom. The minimum Gasteiger partial charge on any atom is -0.443 e. The van der Waals surface area contributed by atoms with Gasteiger partial charge in [-0.15, -0.1) is 0 Å². The topological polar surface area (TPSA) is 60.2 Å². The molecule has 0 unspecified atom stereocenters. The molecule has 32 heavy (non-hydrogen) atoms. The van der Waals surface area contributed by atoms with Crippen molar-refractivity contribution in [2.24, 2.45) is 0 Å². The van der Waals surface area contributed by atoms with Gasteiger partial charge in [0, 0.05) is 24.0 Å². The van der Waals surface area contributed by atoms with E-state index >= 15 is 0 Å². The number of aromatic nitrogens is 3. The highest BCUT2D eigenvalue weighted by Gasteiger charge is 2.29. The second kappa shape index (κ2) is 7.44. The van der Waals surface area contributed by atoms with Crippen LogP contribution >= 0.6 is 0 Å². The van der Waals surface area contributed by atoms with Crippen LogP contribution in [-0.2, 0) is 11.2 Å². The van der Waals surface area contributed by atoms with Crippen LogP contribution in [0.3, 0.4) is 0 Å². The normalized spacial score (nSPS) is 13.4. The molecule has 5 rings (SSSR count). The number of ether oxygens (including phenoxy) is 1. The molecule has 0 aliphatic carbocycles. The zero-order chi connectivity index (χ0) is 22.5. The van der Waals surface area contributed by atoms with Crippen molar-refractivity contribution in [2.45, 2.75) is 32.8 Å². The van der Waals surface area contributed by atoms with Crippen LogP contribution in [0, 0.1) is 5.95 Å². The molecule has 1 aliphatic rings. The number of amides is 1. The molecule has 7 heteroatoms. The van der Waals surface area contributed by atoms with Gasteiger partial charge in [-0.05, 0) is 74.7 Å². The molecule has 0 N–H and O–H groups in total. The molecule has 0 saturated heterocycles. The van der Waals surface area contributed by atoms with Crippen LogP contribution in [0.25, 0.3) is 27.8 Å². The standard InChI is InChI=1S/C25H23FN4O2/c1-25(2,3)32-24(31)29-11-10-16-4-7-19(13-21(16)29)30-15-28-20-8-5-17(12-22(20)30)18-6-9-23(26)27-14-18/h4-9,12-15H,10-11H2,1-3H3. The molecule has 2 aromatic carbocycles. The van der Waals surface area contributed by atoms with Crippen molar-refractivity contribution in [3.8, 4) is 16.8 Å². The van der Waals surface area contributed by atoms with Gasteiger partial charge >= 0.3 is 6.09 Å². The maximum atomic E-state index is 13.2. The van der Waals surface area contributed by atoms with Crippen LogP contribution in [0.2, 0.25) is 0 Å². The summed E-state index contributed by atoms with van der Waals surface area (Å²) in [6, 6.07) is 15.0. The third-order valence-corrected chi connectivity index (χ3v) is 5.46. The molecule has 2 aromatic heterocycles. The number of anilines is 1. The lowest BCUT2D eigenvalue weighted by Crippen LogP contribution is -2.35. The molecule has 0 atom stereocenters. The Kier molecular flexibility index (Phi) is 4.69. The highest BCUT2D eigenvalue weighted by Crippen LogP contribution is 2.33. The van der Waals surface area contributed by atoms with Gasteiger partial charge in [0.2, 0.25) is 5.95 Å². The van der Waals surface area contributed by atoms with E-state index < -0.39 is 11.5 Å². The Bertz CT molecular complexity index is 1320. The number of carbonyl (C=O) groups is 1. The number of nitrogens with zero attached hydrogens (tertiary/aromatic N) is 4. The van der Waals surface area contributed by atoms with Crippen molar-refractivity contribution in [3.63, 3.8) is 0 Å². The Labute approximate surface area is 185 Å². The van der Waals surface area contributed by atoms with E-state index in [4.69, 9.17) is 4.74 Å². The first-order valence-electron chi connectivity index (χ1n) is 10.5. The fourth-order valence-electron chi connectivity index (χ4n) is 3.96. The van der Waals surface area contributed by atoms with Crippen molar-refractivity contribution in [1.29, 1.82) is 0 Å². The molecule has 0 saturated carbocycles. The van der Waals surface area contributed by atoms with E-state index in [1.807, 2.05) is 55.7 Å². The van der Waals surface area contributed by atoms with E-state index in [-0.39, 0.29) is 6.09 Å². The second-order valence-corrected chi connectivity index (χ2v) is 8.88. The van der Waals surface area contributed by atoms with Gasteiger partial charge < -0.3 is 4.74 Å². The molecule has 1 aliphatic heterocycles. The second-order valence-electron chi connectivity index (χ2n) is 8.88. The molecule has 0 fully saturated rings. The summed E-state index contributed by atoms with van der Waals surface area (Å²) < 4.78 is 20.8. The van der Waals surface area contributed by atoms with E-state index in [1.54, 1.807) is 17.3 Å². The summed E-state index contributed by atoms with van der Waals surface area (Å²) in [6.45, 7) is 6.19. The highest BCUT2D eigenvalue weighted by molar-refractivity contribution is 5.91. The Morgan fingerprint density at radius 3 is 2.59 bits per heavy atom. The molecule has 0 spiro atoms. The zero-order valence-corrected chi connectivity index (χ0v) is 18.2. The van der Waals surface area contributed by atoms with Gasteiger partial charge in [0.15, 0.2) is 0 Å². The third-order valence-electron chi connectivity index (χ3n) is 5.46. The van der Waals surface area contributed by atoms with Crippen LogP contribution in [-0.4, -0.2) is 32.8 Å². The van der Waals surface area contributed by atoms with Gasteiger partial charge in [0.05, 0.1) is 16.7 Å². The molecule has 0 radical (unpaired) electrons. The minimum atomic E-state index is -0.552. The average molecular weight is 430 g/mol. The molecule has 162 valence electrons. The lowest BCUT2D eigenvalue weighted by molar-refractivity contribution is 0.0584. The SMILES string of the molecule is CC(C)(C)OC(=O)N1CCc2ccc(-n3cnc4ccc(-c5ccc(F)nc5)cc43)cc21. The van der Waals surface area contributed by atoms with Gasteiger partial charge in [-0.2, -0.15) is 4.39 Å². The number of fused-ring (bicyclic) bond motifs is 2. The Balaban J connectivity index is 1.54. The smallest absolute Gasteiger partial charge is 0.414 e. The predicted octanol–water partition coefficient (Wildman–Crippen LogP) is 5.52. The zero-order valence-electron chi connectivity index (χ0n) is 18.2. The molecular formula is C25H23FN4O2. The van der Waals surface area contributed by atoms with Gasteiger partial charge in [-0.1, -0.05) is 12.1 Å². The number of halogens is 1. The van der Waals surface area contributed by atoms with Crippen molar-refractivity contribution in [2.75, 3.05) is 11.4 Å². The summed E-state index contributed by atoms with van der Waals surface area (Å²) in [5, 5.41) is 0. The summed E-state index contributed by atoms with van der Waals surface area (Å²) in [5.41, 5.74) is 5.82. The van der Waals surface area contributed by atoms with Crippen LogP contribution in [0.4, 0.5) is 14.9 Å². The summed E-state index contributed by atoms with van der Waals surface area (Å²) in [4.78, 5) is 22.7. The van der Waals surface area contributed by atoms with E-state index in [0.29, 0.717) is 6.54 Å².